The van der Waals surface area contributed by atoms with E-state index in [9.17, 15) is 9.59 Å². The zero-order valence-electron chi connectivity index (χ0n) is 10.4. The molecular weight excluding hydrogens is 250 g/mol. The van der Waals surface area contributed by atoms with Crippen LogP contribution in [0.1, 0.15) is 32.1 Å². The maximum Gasteiger partial charge on any atom is 0.312 e. The summed E-state index contributed by atoms with van der Waals surface area (Å²) in [6.45, 7) is 0.788. The topological polar surface area (TPSA) is 75.4 Å². The molecule has 2 rings (SSSR count). The fourth-order valence-electron chi connectivity index (χ4n) is 3.03. The first-order valence-electron chi connectivity index (χ1n) is 6.46. The minimum atomic E-state index is -0.589. The molecule has 0 spiro atoms. The first-order valence-corrected chi connectivity index (χ1v) is 6.87. The monoisotopic (exact) mass is 269 g/mol. The molecule has 0 aromatic rings. The Morgan fingerprint density at radius 2 is 2.00 bits per heavy atom. The lowest BCUT2D eigenvalue weighted by Crippen LogP contribution is -2.48. The second-order valence-corrected chi connectivity index (χ2v) is 5.57. The predicted octanol–water partition coefficient (Wildman–Crippen LogP) is 0.180. The van der Waals surface area contributed by atoms with E-state index in [1.165, 1.54) is 12.8 Å². The van der Waals surface area contributed by atoms with E-state index in [1.807, 2.05) is 0 Å². The number of fused-ring (bicyclic) bond motifs is 1. The highest BCUT2D eigenvalue weighted by molar-refractivity contribution is 7.80. The number of nitrogens with zero attached hydrogens (tertiary/aromatic N) is 1. The molecule has 1 saturated carbocycles. The molecular formula is C12H19N3O2S. The lowest BCUT2D eigenvalue weighted by atomic mass is 9.85. The lowest BCUT2D eigenvalue weighted by molar-refractivity contribution is -0.146. The van der Waals surface area contributed by atoms with Crippen molar-refractivity contribution < 1.29 is 9.59 Å². The summed E-state index contributed by atoms with van der Waals surface area (Å²) in [5.41, 5.74) is 5.29. The van der Waals surface area contributed by atoms with Crippen LogP contribution in [0.3, 0.4) is 0 Å². The van der Waals surface area contributed by atoms with Crippen molar-refractivity contribution in [1.82, 2.24) is 10.2 Å². The average molecular weight is 269 g/mol. The molecule has 0 aromatic carbocycles. The Bertz CT molecular complexity index is 372. The van der Waals surface area contributed by atoms with Crippen LogP contribution in [0.4, 0.5) is 0 Å². The Morgan fingerprint density at radius 1 is 1.28 bits per heavy atom. The van der Waals surface area contributed by atoms with Gasteiger partial charge in [0.15, 0.2) is 0 Å². The number of rotatable bonds is 2. The highest BCUT2D eigenvalue weighted by Crippen LogP contribution is 2.35. The van der Waals surface area contributed by atoms with E-state index < -0.39 is 11.8 Å². The molecule has 1 heterocycles. The molecule has 18 heavy (non-hydrogen) atoms. The van der Waals surface area contributed by atoms with Crippen LogP contribution >= 0.6 is 12.2 Å². The number of carbonyl (C=O) groups excluding carboxylic acids is 2. The van der Waals surface area contributed by atoms with Gasteiger partial charge in [0.25, 0.3) is 0 Å². The van der Waals surface area contributed by atoms with Gasteiger partial charge in [-0.25, -0.2) is 0 Å². The van der Waals surface area contributed by atoms with Crippen molar-refractivity contribution in [1.29, 1.82) is 0 Å². The number of hydrogen-bond donors (Lipinski definition) is 2. The van der Waals surface area contributed by atoms with Crippen molar-refractivity contribution in [2.75, 3.05) is 13.1 Å². The summed E-state index contributed by atoms with van der Waals surface area (Å²) in [6.07, 6.45) is 5.64. The summed E-state index contributed by atoms with van der Waals surface area (Å²) in [7, 11) is 0. The minimum absolute atomic E-state index is 0.0852. The molecule has 0 aromatic heterocycles. The number of carbonyl (C=O) groups is 2. The van der Waals surface area contributed by atoms with E-state index in [1.54, 1.807) is 4.90 Å². The minimum Gasteiger partial charge on any atom is -0.392 e. The quantitative estimate of drug-likeness (QED) is 0.554. The fourth-order valence-corrected chi connectivity index (χ4v) is 3.10. The number of thiocarbonyl (C=S) groups is 1. The van der Waals surface area contributed by atoms with Crippen molar-refractivity contribution in [3.05, 3.63) is 0 Å². The third kappa shape index (κ3) is 2.80. The summed E-state index contributed by atoms with van der Waals surface area (Å²) >= 11 is 4.67. The van der Waals surface area contributed by atoms with E-state index >= 15 is 0 Å². The van der Waals surface area contributed by atoms with Gasteiger partial charge in [-0.2, -0.15) is 0 Å². The Kier molecular flexibility index (Phi) is 4.16. The largest absolute Gasteiger partial charge is 0.392 e. The van der Waals surface area contributed by atoms with Crippen LogP contribution < -0.4 is 11.1 Å². The van der Waals surface area contributed by atoms with E-state index in [-0.39, 0.29) is 17.6 Å². The van der Waals surface area contributed by atoms with Crippen molar-refractivity contribution in [3.63, 3.8) is 0 Å². The Labute approximate surface area is 112 Å². The van der Waals surface area contributed by atoms with Crippen LogP contribution in [-0.2, 0) is 9.59 Å². The van der Waals surface area contributed by atoms with Gasteiger partial charge in [-0.1, -0.05) is 25.1 Å². The number of amides is 2. The molecule has 1 aliphatic carbocycles. The average Bonchev–Trinajstić information content (AvgIpc) is 2.78. The summed E-state index contributed by atoms with van der Waals surface area (Å²) < 4.78 is 0. The summed E-state index contributed by atoms with van der Waals surface area (Å²) in [5.74, 6) is -0.430. The Hall–Kier alpha value is -1.17. The van der Waals surface area contributed by atoms with Crippen LogP contribution in [-0.4, -0.2) is 40.8 Å². The molecule has 6 heteroatoms. The van der Waals surface area contributed by atoms with Gasteiger partial charge in [0, 0.05) is 12.6 Å². The molecule has 2 aliphatic rings. The van der Waals surface area contributed by atoms with Gasteiger partial charge in [0.1, 0.15) is 0 Å². The van der Waals surface area contributed by atoms with E-state index in [0.29, 0.717) is 12.5 Å². The van der Waals surface area contributed by atoms with Crippen molar-refractivity contribution in [2.24, 2.45) is 11.7 Å². The van der Waals surface area contributed by atoms with Gasteiger partial charge >= 0.3 is 11.8 Å². The summed E-state index contributed by atoms with van der Waals surface area (Å²) in [5, 5.41) is 2.46. The normalized spacial score (nSPS) is 26.6. The van der Waals surface area contributed by atoms with Crippen LogP contribution in [0.2, 0.25) is 0 Å². The fraction of sp³-hybridized carbons (Fsp3) is 0.750. The van der Waals surface area contributed by atoms with E-state index in [2.05, 4.69) is 17.5 Å². The van der Waals surface area contributed by atoms with Crippen molar-refractivity contribution in [3.8, 4) is 0 Å². The smallest absolute Gasteiger partial charge is 0.312 e. The third-order valence-corrected chi connectivity index (χ3v) is 4.03. The SMILES string of the molecule is NC(=S)CNC(=O)C(=O)N1CCC2CCCCC21. The van der Waals surface area contributed by atoms with Crippen molar-refractivity contribution >= 4 is 29.0 Å². The second-order valence-electron chi connectivity index (χ2n) is 5.05. The summed E-state index contributed by atoms with van der Waals surface area (Å²) in [4.78, 5) is 25.7. The maximum atomic E-state index is 12.0. The molecule has 0 bridgehead atoms. The molecule has 5 nitrogen and oxygen atoms in total. The second kappa shape index (κ2) is 5.65. The van der Waals surface area contributed by atoms with Gasteiger partial charge in [0.05, 0.1) is 11.5 Å². The van der Waals surface area contributed by atoms with Crippen LogP contribution in [0.15, 0.2) is 0 Å². The van der Waals surface area contributed by atoms with Gasteiger partial charge < -0.3 is 16.0 Å². The Balaban J connectivity index is 1.92. The molecule has 1 aliphatic heterocycles. The van der Waals surface area contributed by atoms with Gasteiger partial charge in [-0.15, -0.1) is 0 Å². The molecule has 100 valence electrons. The van der Waals surface area contributed by atoms with Crippen LogP contribution in [0.5, 0.6) is 0 Å². The number of nitrogens with one attached hydrogen (secondary N) is 1. The maximum absolute atomic E-state index is 12.0. The van der Waals surface area contributed by atoms with Crippen LogP contribution in [0.25, 0.3) is 0 Å². The molecule has 2 unspecified atom stereocenters. The van der Waals surface area contributed by atoms with Gasteiger partial charge in [-0.05, 0) is 25.2 Å². The first kappa shape index (κ1) is 13.3. The highest BCUT2D eigenvalue weighted by atomic mass is 32.1. The number of nitrogens with two attached hydrogens (primary N) is 1. The van der Waals surface area contributed by atoms with E-state index in [4.69, 9.17) is 5.73 Å². The zero-order valence-corrected chi connectivity index (χ0v) is 11.2. The molecule has 3 N–H and O–H groups in total. The summed E-state index contributed by atoms with van der Waals surface area (Å²) in [6, 6.07) is 0.266. The van der Waals surface area contributed by atoms with Gasteiger partial charge in [0.2, 0.25) is 0 Å². The predicted molar refractivity (Wildman–Crippen MR) is 71.9 cm³/mol. The lowest BCUT2D eigenvalue weighted by Gasteiger charge is -2.31. The molecule has 2 atom stereocenters. The Morgan fingerprint density at radius 3 is 2.72 bits per heavy atom. The van der Waals surface area contributed by atoms with Crippen LogP contribution in [0, 0.1) is 5.92 Å². The molecule has 1 saturated heterocycles. The number of hydrogen-bond acceptors (Lipinski definition) is 3. The molecule has 2 amide bonds. The standard InChI is InChI=1S/C12H19N3O2S/c13-10(18)7-14-11(16)12(17)15-6-5-8-3-1-2-4-9(8)15/h8-9H,1-7H2,(H2,13,18)(H,14,16). The van der Waals surface area contributed by atoms with E-state index in [0.717, 1.165) is 19.3 Å². The van der Waals surface area contributed by atoms with Crippen molar-refractivity contribution in [2.45, 2.75) is 38.1 Å². The number of likely N-dealkylation sites (tertiary alicyclic amines) is 1. The molecule has 0 radical (unpaired) electrons. The molecule has 2 fully saturated rings. The van der Waals surface area contributed by atoms with Gasteiger partial charge in [-0.3, -0.25) is 9.59 Å². The zero-order chi connectivity index (χ0) is 13.1. The third-order valence-electron chi connectivity index (χ3n) is 3.89. The highest BCUT2D eigenvalue weighted by Gasteiger charge is 2.39. The first-order chi connectivity index (χ1) is 8.59.